The van der Waals surface area contributed by atoms with Gasteiger partial charge in [-0.05, 0) is 49.1 Å². The zero-order valence-corrected chi connectivity index (χ0v) is 16.1. The smallest absolute Gasteiger partial charge is 0.240 e. The third-order valence-electron chi connectivity index (χ3n) is 4.99. The highest BCUT2D eigenvalue weighted by Gasteiger charge is 2.31. The fourth-order valence-corrected chi connectivity index (χ4v) is 5.09. The van der Waals surface area contributed by atoms with Gasteiger partial charge in [0.2, 0.25) is 10.0 Å². The lowest BCUT2D eigenvalue weighted by molar-refractivity contribution is 0.0712. The van der Waals surface area contributed by atoms with Gasteiger partial charge in [-0.3, -0.25) is 5.10 Å². The van der Waals surface area contributed by atoms with Crippen LogP contribution in [0.5, 0.6) is 0 Å². The Balaban J connectivity index is 1.70. The highest BCUT2D eigenvalue weighted by molar-refractivity contribution is 7.89. The van der Waals surface area contributed by atoms with Crippen LogP contribution < -0.4 is 10.5 Å². The number of benzene rings is 2. The second-order valence-corrected chi connectivity index (χ2v) is 8.98. The van der Waals surface area contributed by atoms with Gasteiger partial charge in [0.1, 0.15) is 0 Å². The van der Waals surface area contributed by atoms with Crippen molar-refractivity contribution >= 4 is 38.3 Å². The molecular weight excluding hydrogens is 388 g/mol. The lowest BCUT2D eigenvalue weighted by Gasteiger charge is -2.31. The first-order chi connectivity index (χ1) is 12.8. The number of nitrogen functional groups attached to an aromatic ring is 1. The molecule has 2 aromatic carbocycles. The highest BCUT2D eigenvalue weighted by Crippen LogP contribution is 2.36. The molecule has 0 unspecified atom stereocenters. The average Bonchev–Trinajstić information content (AvgIpc) is 2.96. The number of aryl methyl sites for hydroxylation is 1. The van der Waals surface area contributed by atoms with Gasteiger partial charge < -0.3 is 10.8 Å². The minimum Gasteiger partial charge on any atom is -0.393 e. The van der Waals surface area contributed by atoms with E-state index in [9.17, 15) is 13.5 Å². The molecule has 3 aromatic rings. The number of aliphatic hydroxyl groups excluding tert-OH is 1. The number of halogens is 1. The van der Waals surface area contributed by atoms with Crippen LogP contribution in [0.3, 0.4) is 0 Å². The second kappa shape index (κ2) is 6.49. The molecule has 0 amide bonds. The number of aromatic amines is 1. The maximum absolute atomic E-state index is 12.5. The summed E-state index contributed by atoms with van der Waals surface area (Å²) in [6, 6.07) is 8.19. The van der Waals surface area contributed by atoms with E-state index in [-0.39, 0.29) is 10.9 Å². The average molecular weight is 407 g/mol. The number of nitrogens with two attached hydrogens (primary N) is 1. The molecule has 9 heteroatoms. The number of hydrogen-bond donors (Lipinski definition) is 4. The standard InChI is InChI=1S/C18H19ClN4O3S/c1-9-13(4-5-16-17(9)18(20)22-21-16)14-3-2-12(8-15(14)19)27(25,26)23-10-6-11(24)7-10/h2-5,8,10-11,23-24H,6-7H2,1H3,(H3,20,21,22)/t10-,11+. The molecule has 1 aromatic heterocycles. The van der Waals surface area contributed by atoms with E-state index in [1.54, 1.807) is 6.07 Å². The molecule has 1 heterocycles. The van der Waals surface area contributed by atoms with Crippen molar-refractivity contribution in [2.75, 3.05) is 5.73 Å². The van der Waals surface area contributed by atoms with Gasteiger partial charge in [0.05, 0.1) is 16.5 Å². The molecule has 0 radical (unpaired) electrons. The van der Waals surface area contributed by atoms with Crippen LogP contribution in [0.1, 0.15) is 18.4 Å². The van der Waals surface area contributed by atoms with Crippen molar-refractivity contribution in [2.24, 2.45) is 0 Å². The summed E-state index contributed by atoms with van der Waals surface area (Å²) in [4.78, 5) is 0.0965. The number of fused-ring (bicyclic) bond motifs is 1. The molecule has 1 fully saturated rings. The van der Waals surface area contributed by atoms with Crippen molar-refractivity contribution in [1.29, 1.82) is 0 Å². The number of anilines is 1. The Bertz CT molecular complexity index is 1140. The first kappa shape index (κ1) is 18.2. The molecule has 0 atom stereocenters. The Labute approximate surface area is 161 Å². The zero-order chi connectivity index (χ0) is 19.3. The van der Waals surface area contributed by atoms with Crippen molar-refractivity contribution in [2.45, 2.75) is 36.8 Å². The monoisotopic (exact) mass is 406 g/mol. The van der Waals surface area contributed by atoms with Crippen LogP contribution >= 0.6 is 11.6 Å². The van der Waals surface area contributed by atoms with Crippen molar-refractivity contribution in [3.8, 4) is 11.1 Å². The minimum atomic E-state index is -3.69. The molecule has 1 saturated carbocycles. The fourth-order valence-electron chi connectivity index (χ4n) is 3.46. The highest BCUT2D eigenvalue weighted by atomic mass is 35.5. The summed E-state index contributed by atoms with van der Waals surface area (Å²) < 4.78 is 27.6. The Morgan fingerprint density at radius 3 is 2.63 bits per heavy atom. The van der Waals surface area contributed by atoms with Crippen molar-refractivity contribution < 1.29 is 13.5 Å². The lowest BCUT2D eigenvalue weighted by atomic mass is 9.91. The number of nitrogens with one attached hydrogen (secondary N) is 2. The Hall–Kier alpha value is -2.13. The summed E-state index contributed by atoms with van der Waals surface area (Å²) in [7, 11) is -3.69. The zero-order valence-electron chi connectivity index (χ0n) is 14.5. The van der Waals surface area contributed by atoms with Gasteiger partial charge in [0, 0.05) is 22.0 Å². The van der Waals surface area contributed by atoms with Crippen molar-refractivity contribution in [3.05, 3.63) is 40.9 Å². The summed E-state index contributed by atoms with van der Waals surface area (Å²) in [5.74, 6) is 0.409. The van der Waals surface area contributed by atoms with Crippen LogP contribution in [0.15, 0.2) is 35.2 Å². The molecule has 27 heavy (non-hydrogen) atoms. The predicted molar refractivity (Wildman–Crippen MR) is 105 cm³/mol. The van der Waals surface area contributed by atoms with Crippen LogP contribution in [0.2, 0.25) is 5.02 Å². The number of H-pyrrole nitrogens is 1. The first-order valence-electron chi connectivity index (χ1n) is 8.50. The van der Waals surface area contributed by atoms with E-state index < -0.39 is 16.1 Å². The van der Waals surface area contributed by atoms with Gasteiger partial charge >= 0.3 is 0 Å². The molecule has 0 saturated heterocycles. The Morgan fingerprint density at radius 1 is 1.26 bits per heavy atom. The van der Waals surface area contributed by atoms with Crippen molar-refractivity contribution in [1.82, 2.24) is 14.9 Å². The molecule has 5 N–H and O–H groups in total. The summed E-state index contributed by atoms with van der Waals surface area (Å²) in [5, 5.41) is 17.4. The minimum absolute atomic E-state index is 0.0965. The molecule has 0 bridgehead atoms. The quantitative estimate of drug-likeness (QED) is 0.530. The maximum atomic E-state index is 12.5. The van der Waals surface area contributed by atoms with E-state index in [0.29, 0.717) is 23.7 Å². The van der Waals surface area contributed by atoms with Crippen LogP contribution in [-0.4, -0.2) is 35.9 Å². The van der Waals surface area contributed by atoms with E-state index in [1.165, 1.54) is 12.1 Å². The summed E-state index contributed by atoms with van der Waals surface area (Å²) in [5.41, 5.74) is 9.26. The largest absolute Gasteiger partial charge is 0.393 e. The van der Waals surface area contributed by atoms with E-state index in [1.807, 2.05) is 19.1 Å². The van der Waals surface area contributed by atoms with E-state index >= 15 is 0 Å². The van der Waals surface area contributed by atoms with Gasteiger partial charge in [-0.2, -0.15) is 5.10 Å². The topological polar surface area (TPSA) is 121 Å². The molecule has 0 spiro atoms. The van der Waals surface area contributed by atoms with Crippen LogP contribution in [-0.2, 0) is 10.0 Å². The molecule has 0 aliphatic heterocycles. The first-order valence-corrected chi connectivity index (χ1v) is 10.4. The van der Waals surface area contributed by atoms with Crippen LogP contribution in [0, 0.1) is 6.92 Å². The van der Waals surface area contributed by atoms with E-state index in [0.717, 1.165) is 27.6 Å². The predicted octanol–water partition coefficient (Wildman–Crippen LogP) is 2.58. The Kier molecular flexibility index (Phi) is 4.38. The van der Waals surface area contributed by atoms with Crippen LogP contribution in [0.25, 0.3) is 22.0 Å². The molecule has 142 valence electrons. The molecule has 1 aliphatic rings. The SMILES string of the molecule is Cc1c(-c2ccc(S(=O)(=O)N[C@H]3C[C@@H](O)C3)cc2Cl)ccc2[nH]nc(N)c12. The number of rotatable bonds is 4. The lowest BCUT2D eigenvalue weighted by Crippen LogP contribution is -2.46. The molecule has 1 aliphatic carbocycles. The number of nitrogens with zero attached hydrogens (tertiary/aromatic N) is 1. The van der Waals surface area contributed by atoms with Gasteiger partial charge in [-0.1, -0.05) is 23.7 Å². The Morgan fingerprint density at radius 2 is 1.96 bits per heavy atom. The molecule has 7 nitrogen and oxygen atoms in total. The van der Waals surface area contributed by atoms with Crippen molar-refractivity contribution in [3.63, 3.8) is 0 Å². The maximum Gasteiger partial charge on any atom is 0.240 e. The number of hydrogen-bond acceptors (Lipinski definition) is 5. The third-order valence-corrected chi connectivity index (χ3v) is 6.82. The number of aromatic nitrogens is 2. The number of aliphatic hydroxyl groups is 1. The summed E-state index contributed by atoms with van der Waals surface area (Å²) in [6.07, 6.45) is 0.421. The van der Waals surface area contributed by atoms with E-state index in [2.05, 4.69) is 14.9 Å². The third kappa shape index (κ3) is 3.19. The van der Waals surface area contributed by atoms with E-state index in [4.69, 9.17) is 17.3 Å². The van der Waals surface area contributed by atoms with Gasteiger partial charge in [0.25, 0.3) is 0 Å². The fraction of sp³-hybridized carbons (Fsp3) is 0.278. The summed E-state index contributed by atoms with van der Waals surface area (Å²) in [6.45, 7) is 1.92. The summed E-state index contributed by atoms with van der Waals surface area (Å²) >= 11 is 6.43. The molecule has 4 rings (SSSR count). The second-order valence-electron chi connectivity index (χ2n) is 6.85. The molecular formula is C18H19ClN4O3S. The van der Waals surface area contributed by atoms with Gasteiger partial charge in [-0.15, -0.1) is 0 Å². The van der Waals surface area contributed by atoms with Gasteiger partial charge in [-0.25, -0.2) is 13.1 Å². The number of sulfonamides is 1. The van der Waals surface area contributed by atoms with Gasteiger partial charge in [0.15, 0.2) is 5.82 Å². The normalized spacial score (nSPS) is 20.0. The van der Waals surface area contributed by atoms with Crippen LogP contribution in [0.4, 0.5) is 5.82 Å².